The van der Waals surface area contributed by atoms with Gasteiger partial charge in [0.1, 0.15) is 0 Å². The second-order valence-corrected chi connectivity index (χ2v) is 5.18. The van der Waals surface area contributed by atoms with Crippen LogP contribution in [0.1, 0.15) is 15.9 Å². The summed E-state index contributed by atoms with van der Waals surface area (Å²) in [5.74, 6) is 5.26. The Labute approximate surface area is 122 Å². The molecule has 0 aliphatic heterocycles. The van der Waals surface area contributed by atoms with E-state index in [-0.39, 0.29) is 5.91 Å². The van der Waals surface area contributed by atoms with Crippen LogP contribution in [0, 0.1) is 6.92 Å². The lowest BCUT2D eigenvalue weighted by Crippen LogP contribution is -2.14. The molecule has 0 aliphatic rings. The number of thioether (sulfide) groups is 1. The minimum Gasteiger partial charge on any atom is -0.324 e. The maximum Gasteiger partial charge on any atom is 0.255 e. The summed E-state index contributed by atoms with van der Waals surface area (Å²) in [6, 6.07) is 13.1. The SMILES string of the molecule is CSc1ccccc1NC(=O)c1ccc(NN)c(C)c1. The van der Waals surface area contributed by atoms with Crippen molar-refractivity contribution in [3.05, 3.63) is 53.6 Å². The number of para-hydroxylation sites is 1. The number of rotatable bonds is 4. The molecule has 4 N–H and O–H groups in total. The van der Waals surface area contributed by atoms with Crippen molar-refractivity contribution in [3.8, 4) is 0 Å². The first-order valence-corrected chi connectivity index (χ1v) is 7.40. The van der Waals surface area contributed by atoms with Crippen molar-refractivity contribution in [1.82, 2.24) is 0 Å². The van der Waals surface area contributed by atoms with Crippen molar-refractivity contribution in [3.63, 3.8) is 0 Å². The molecule has 20 heavy (non-hydrogen) atoms. The Morgan fingerprint density at radius 1 is 1.15 bits per heavy atom. The van der Waals surface area contributed by atoms with E-state index >= 15 is 0 Å². The third-order valence-electron chi connectivity index (χ3n) is 3.00. The Bertz CT molecular complexity index is 628. The van der Waals surface area contributed by atoms with Crippen molar-refractivity contribution in [1.29, 1.82) is 0 Å². The molecule has 2 rings (SSSR count). The molecule has 0 saturated carbocycles. The summed E-state index contributed by atoms with van der Waals surface area (Å²) >= 11 is 1.60. The molecular formula is C15H17N3OS. The van der Waals surface area contributed by atoms with Gasteiger partial charge in [0, 0.05) is 10.5 Å². The van der Waals surface area contributed by atoms with E-state index in [0.717, 1.165) is 21.8 Å². The van der Waals surface area contributed by atoms with Crippen LogP contribution in [0.25, 0.3) is 0 Å². The normalized spacial score (nSPS) is 10.2. The third kappa shape index (κ3) is 3.12. The first-order valence-electron chi connectivity index (χ1n) is 6.17. The monoisotopic (exact) mass is 287 g/mol. The molecule has 0 unspecified atom stereocenters. The second kappa shape index (κ2) is 6.45. The van der Waals surface area contributed by atoms with Crippen LogP contribution in [0.15, 0.2) is 47.4 Å². The van der Waals surface area contributed by atoms with Crippen molar-refractivity contribution in [2.75, 3.05) is 17.0 Å². The minimum absolute atomic E-state index is 0.127. The van der Waals surface area contributed by atoms with Crippen molar-refractivity contribution < 1.29 is 4.79 Å². The van der Waals surface area contributed by atoms with E-state index < -0.39 is 0 Å². The molecule has 2 aromatic carbocycles. The highest BCUT2D eigenvalue weighted by Crippen LogP contribution is 2.25. The minimum atomic E-state index is -0.127. The van der Waals surface area contributed by atoms with Crippen LogP contribution in [0.4, 0.5) is 11.4 Å². The molecule has 0 saturated heterocycles. The van der Waals surface area contributed by atoms with Crippen molar-refractivity contribution in [2.24, 2.45) is 5.84 Å². The Morgan fingerprint density at radius 2 is 1.90 bits per heavy atom. The predicted octanol–water partition coefficient (Wildman–Crippen LogP) is 3.25. The molecule has 4 nitrogen and oxygen atoms in total. The molecule has 2 aromatic rings. The smallest absolute Gasteiger partial charge is 0.255 e. The van der Waals surface area contributed by atoms with Gasteiger partial charge in [0.05, 0.1) is 11.4 Å². The lowest BCUT2D eigenvalue weighted by Gasteiger charge is -2.11. The van der Waals surface area contributed by atoms with Gasteiger partial charge in [-0.05, 0) is 49.1 Å². The van der Waals surface area contributed by atoms with E-state index in [0.29, 0.717) is 5.56 Å². The van der Waals surface area contributed by atoms with Gasteiger partial charge in [-0.15, -0.1) is 11.8 Å². The average Bonchev–Trinajstić information content (AvgIpc) is 2.47. The van der Waals surface area contributed by atoms with Crippen molar-refractivity contribution >= 4 is 29.0 Å². The summed E-state index contributed by atoms with van der Waals surface area (Å²) in [6.07, 6.45) is 1.98. The molecular weight excluding hydrogens is 270 g/mol. The molecule has 5 heteroatoms. The maximum absolute atomic E-state index is 12.3. The van der Waals surface area contributed by atoms with E-state index in [1.807, 2.05) is 43.5 Å². The highest BCUT2D eigenvalue weighted by molar-refractivity contribution is 7.98. The van der Waals surface area contributed by atoms with Gasteiger partial charge in [-0.2, -0.15) is 0 Å². The summed E-state index contributed by atoms with van der Waals surface area (Å²) in [4.78, 5) is 13.3. The number of amides is 1. The number of nitrogens with two attached hydrogens (primary N) is 1. The van der Waals surface area contributed by atoms with Crippen molar-refractivity contribution in [2.45, 2.75) is 11.8 Å². The van der Waals surface area contributed by atoms with Crippen LogP contribution in [0.2, 0.25) is 0 Å². The van der Waals surface area contributed by atoms with Gasteiger partial charge in [-0.25, -0.2) is 0 Å². The Balaban J connectivity index is 2.22. The molecule has 0 radical (unpaired) electrons. The Hall–Kier alpha value is -1.98. The molecule has 0 aromatic heterocycles. The van der Waals surface area contributed by atoms with Gasteiger partial charge in [-0.1, -0.05) is 12.1 Å². The maximum atomic E-state index is 12.3. The summed E-state index contributed by atoms with van der Waals surface area (Å²) < 4.78 is 0. The standard InChI is InChI=1S/C15H17N3OS/c1-10-9-11(7-8-12(10)18-16)15(19)17-13-5-3-4-6-14(13)20-2/h3-9,18H,16H2,1-2H3,(H,17,19). The van der Waals surface area contributed by atoms with Gasteiger partial charge in [0.2, 0.25) is 0 Å². The molecule has 0 aliphatic carbocycles. The van der Waals surface area contributed by atoms with E-state index in [9.17, 15) is 4.79 Å². The highest BCUT2D eigenvalue weighted by Gasteiger charge is 2.09. The van der Waals surface area contributed by atoms with Gasteiger partial charge < -0.3 is 10.7 Å². The number of carbonyl (C=O) groups is 1. The van der Waals surface area contributed by atoms with Gasteiger partial charge >= 0.3 is 0 Å². The molecule has 0 atom stereocenters. The van der Waals surface area contributed by atoms with Gasteiger partial charge in [0.15, 0.2) is 0 Å². The van der Waals surface area contributed by atoms with Crippen LogP contribution in [-0.2, 0) is 0 Å². The Kier molecular flexibility index (Phi) is 4.65. The number of hydrogen-bond donors (Lipinski definition) is 3. The molecule has 0 fully saturated rings. The summed E-state index contributed by atoms with van der Waals surface area (Å²) in [5.41, 5.74) is 5.77. The first-order chi connectivity index (χ1) is 9.65. The molecule has 0 heterocycles. The second-order valence-electron chi connectivity index (χ2n) is 4.33. The number of nitrogen functional groups attached to an aromatic ring is 1. The zero-order valence-electron chi connectivity index (χ0n) is 11.4. The first kappa shape index (κ1) is 14.4. The fourth-order valence-electron chi connectivity index (χ4n) is 1.91. The topological polar surface area (TPSA) is 67.2 Å². The van der Waals surface area contributed by atoms with E-state index in [2.05, 4.69) is 10.7 Å². The van der Waals surface area contributed by atoms with Crippen LogP contribution in [0.3, 0.4) is 0 Å². The molecule has 104 valence electrons. The number of nitrogens with one attached hydrogen (secondary N) is 2. The molecule has 1 amide bonds. The number of hydrogen-bond acceptors (Lipinski definition) is 4. The fraction of sp³-hybridized carbons (Fsp3) is 0.133. The summed E-state index contributed by atoms with van der Waals surface area (Å²) in [5, 5.41) is 2.93. The van der Waals surface area contributed by atoms with Gasteiger partial charge in [-0.3, -0.25) is 10.6 Å². The molecule has 0 spiro atoms. The number of benzene rings is 2. The van der Waals surface area contributed by atoms with Gasteiger partial charge in [0.25, 0.3) is 5.91 Å². The quantitative estimate of drug-likeness (QED) is 0.459. The van der Waals surface area contributed by atoms with Crippen LogP contribution < -0.4 is 16.6 Å². The van der Waals surface area contributed by atoms with E-state index in [1.54, 1.807) is 23.9 Å². The number of anilines is 2. The molecule has 0 bridgehead atoms. The fourth-order valence-corrected chi connectivity index (χ4v) is 2.46. The average molecular weight is 287 g/mol. The van der Waals surface area contributed by atoms with Crippen LogP contribution in [-0.4, -0.2) is 12.2 Å². The largest absolute Gasteiger partial charge is 0.324 e. The zero-order valence-corrected chi connectivity index (χ0v) is 12.3. The number of hydrazine groups is 1. The predicted molar refractivity (Wildman–Crippen MR) is 85.2 cm³/mol. The Morgan fingerprint density at radius 3 is 2.55 bits per heavy atom. The number of aryl methyl sites for hydroxylation is 1. The van der Waals surface area contributed by atoms with Crippen LogP contribution >= 0.6 is 11.8 Å². The lowest BCUT2D eigenvalue weighted by molar-refractivity contribution is 0.102. The van der Waals surface area contributed by atoms with E-state index in [4.69, 9.17) is 5.84 Å². The number of carbonyl (C=O) groups excluding carboxylic acids is 1. The zero-order chi connectivity index (χ0) is 14.5. The lowest BCUT2D eigenvalue weighted by atomic mass is 10.1. The van der Waals surface area contributed by atoms with E-state index in [1.165, 1.54) is 0 Å². The summed E-state index contributed by atoms with van der Waals surface area (Å²) in [7, 11) is 0. The highest BCUT2D eigenvalue weighted by atomic mass is 32.2. The third-order valence-corrected chi connectivity index (χ3v) is 3.80. The summed E-state index contributed by atoms with van der Waals surface area (Å²) in [6.45, 7) is 1.90. The van der Waals surface area contributed by atoms with Crippen LogP contribution in [0.5, 0.6) is 0 Å².